The topological polar surface area (TPSA) is 94.2 Å². The Morgan fingerprint density at radius 3 is 2.33 bits per heavy atom. The van der Waals surface area contributed by atoms with Crippen molar-refractivity contribution in [3.05, 3.63) is 86.0 Å². The Bertz CT molecular complexity index is 1420. The number of barbiturate groups is 1. The first-order chi connectivity index (χ1) is 18.7. The van der Waals surface area contributed by atoms with Crippen LogP contribution in [0, 0.1) is 3.57 Å². The molecule has 0 atom stereocenters. The van der Waals surface area contributed by atoms with Gasteiger partial charge in [-0.3, -0.25) is 14.9 Å². The number of hydrogen-bond acceptors (Lipinski definition) is 6. The fraction of sp³-hybridized carbons (Fsp3) is 0.207. The molecule has 4 amide bonds. The maximum Gasteiger partial charge on any atom is 0.335 e. The first-order valence-electron chi connectivity index (χ1n) is 12.2. The number of carbonyl (C=O) groups excluding carboxylic acids is 3. The zero-order chi connectivity index (χ0) is 28.1. The standard InChI is InChI=1S/C29H26ClIN2O6/c1-4-37-25-15-19(14-24(31)26(25)39-17(2)3)13-23-27(34)32-29(36)33(28(23)35)21-9-11-22(12-10-21)38-16-18-5-7-20(30)8-6-18/h5-15,17H,4,16H2,1-3H3,(H,32,34,36)/b23-13+. The van der Waals surface area contributed by atoms with Gasteiger partial charge in [-0.1, -0.05) is 23.7 Å². The van der Waals surface area contributed by atoms with Gasteiger partial charge in [-0.25, -0.2) is 9.69 Å². The van der Waals surface area contributed by atoms with Crippen LogP contribution in [0.4, 0.5) is 10.5 Å². The molecule has 1 heterocycles. The lowest BCUT2D eigenvalue weighted by molar-refractivity contribution is -0.122. The fourth-order valence-electron chi connectivity index (χ4n) is 3.78. The largest absolute Gasteiger partial charge is 0.490 e. The van der Waals surface area contributed by atoms with Gasteiger partial charge in [0.1, 0.15) is 17.9 Å². The van der Waals surface area contributed by atoms with Crippen molar-refractivity contribution in [1.82, 2.24) is 5.32 Å². The minimum Gasteiger partial charge on any atom is -0.490 e. The van der Waals surface area contributed by atoms with Crippen molar-refractivity contribution in [2.75, 3.05) is 11.5 Å². The van der Waals surface area contributed by atoms with Crippen LogP contribution >= 0.6 is 34.2 Å². The van der Waals surface area contributed by atoms with Crippen LogP contribution in [0.2, 0.25) is 5.02 Å². The third-order valence-electron chi connectivity index (χ3n) is 5.51. The number of imide groups is 2. The first kappa shape index (κ1) is 28.4. The molecule has 1 aliphatic heterocycles. The van der Waals surface area contributed by atoms with E-state index < -0.39 is 17.8 Å². The number of anilines is 1. The van der Waals surface area contributed by atoms with E-state index in [9.17, 15) is 14.4 Å². The van der Waals surface area contributed by atoms with E-state index >= 15 is 0 Å². The summed E-state index contributed by atoms with van der Waals surface area (Å²) in [4.78, 5) is 39.6. The van der Waals surface area contributed by atoms with Gasteiger partial charge in [0.05, 0.1) is 22.0 Å². The lowest BCUT2D eigenvalue weighted by atomic mass is 10.1. The molecule has 1 saturated heterocycles. The SMILES string of the molecule is CCOc1cc(/C=C2\C(=O)NC(=O)N(c3ccc(OCc4ccc(Cl)cc4)cc3)C2=O)cc(I)c1OC(C)C. The van der Waals surface area contributed by atoms with E-state index in [1.165, 1.54) is 6.08 Å². The highest BCUT2D eigenvalue weighted by molar-refractivity contribution is 14.1. The molecule has 3 aromatic carbocycles. The molecule has 0 spiro atoms. The molecule has 10 heteroatoms. The van der Waals surface area contributed by atoms with E-state index in [0.717, 1.165) is 14.0 Å². The number of benzene rings is 3. The molecule has 0 aromatic heterocycles. The third-order valence-corrected chi connectivity index (χ3v) is 6.56. The van der Waals surface area contributed by atoms with Crippen LogP contribution in [0.1, 0.15) is 31.9 Å². The van der Waals surface area contributed by atoms with Crippen molar-refractivity contribution >= 4 is 63.8 Å². The summed E-state index contributed by atoms with van der Waals surface area (Å²) in [5, 5.41) is 2.89. The second kappa shape index (κ2) is 12.5. The average molecular weight is 661 g/mol. The quantitative estimate of drug-likeness (QED) is 0.163. The molecule has 202 valence electrons. The van der Waals surface area contributed by atoms with Gasteiger partial charge in [0.25, 0.3) is 11.8 Å². The normalized spacial score (nSPS) is 14.6. The summed E-state index contributed by atoms with van der Waals surface area (Å²) in [6.07, 6.45) is 1.37. The molecular formula is C29H26ClIN2O6. The summed E-state index contributed by atoms with van der Waals surface area (Å²) in [7, 11) is 0. The summed E-state index contributed by atoms with van der Waals surface area (Å²) >= 11 is 8.03. The van der Waals surface area contributed by atoms with Crippen LogP contribution in [0.25, 0.3) is 6.08 Å². The Morgan fingerprint density at radius 1 is 1.00 bits per heavy atom. The molecule has 39 heavy (non-hydrogen) atoms. The minimum absolute atomic E-state index is 0.0681. The van der Waals surface area contributed by atoms with Crippen LogP contribution in [0.5, 0.6) is 17.2 Å². The summed E-state index contributed by atoms with van der Waals surface area (Å²) < 4.78 is 18.2. The van der Waals surface area contributed by atoms with Crippen molar-refractivity contribution in [3.63, 3.8) is 0 Å². The summed E-state index contributed by atoms with van der Waals surface area (Å²) in [5.74, 6) is 0.112. The molecule has 0 saturated carbocycles. The number of urea groups is 1. The molecular weight excluding hydrogens is 635 g/mol. The molecule has 4 rings (SSSR count). The highest BCUT2D eigenvalue weighted by atomic mass is 127. The predicted octanol–water partition coefficient (Wildman–Crippen LogP) is 6.38. The summed E-state index contributed by atoms with van der Waals surface area (Å²) in [6, 6.07) is 16.4. The second-order valence-corrected chi connectivity index (χ2v) is 10.4. The molecule has 8 nitrogen and oxygen atoms in total. The van der Waals surface area contributed by atoms with Crippen molar-refractivity contribution in [3.8, 4) is 17.2 Å². The van der Waals surface area contributed by atoms with Crippen LogP contribution < -0.4 is 24.4 Å². The lowest BCUT2D eigenvalue weighted by Crippen LogP contribution is -2.54. The maximum absolute atomic E-state index is 13.4. The average Bonchev–Trinajstić information content (AvgIpc) is 2.89. The van der Waals surface area contributed by atoms with Crippen LogP contribution in [-0.2, 0) is 16.2 Å². The lowest BCUT2D eigenvalue weighted by Gasteiger charge is -2.26. The number of ether oxygens (including phenoxy) is 3. The van der Waals surface area contributed by atoms with Crippen LogP contribution in [-0.4, -0.2) is 30.6 Å². The van der Waals surface area contributed by atoms with Gasteiger partial charge < -0.3 is 14.2 Å². The Morgan fingerprint density at radius 2 is 1.69 bits per heavy atom. The zero-order valence-electron chi connectivity index (χ0n) is 21.5. The molecule has 1 N–H and O–H groups in total. The van der Waals surface area contributed by atoms with Gasteiger partial charge >= 0.3 is 6.03 Å². The highest BCUT2D eigenvalue weighted by Gasteiger charge is 2.37. The van der Waals surface area contributed by atoms with Crippen molar-refractivity contribution in [1.29, 1.82) is 0 Å². The summed E-state index contributed by atoms with van der Waals surface area (Å²) in [5.41, 5.74) is 1.60. The van der Waals surface area contributed by atoms with Gasteiger partial charge in [0, 0.05) is 5.02 Å². The van der Waals surface area contributed by atoms with Crippen molar-refractivity contribution < 1.29 is 28.6 Å². The monoisotopic (exact) mass is 660 g/mol. The van der Waals surface area contributed by atoms with E-state index in [0.29, 0.717) is 46.7 Å². The Kier molecular flexibility index (Phi) is 9.13. The fourth-order valence-corrected chi connectivity index (χ4v) is 4.66. The van der Waals surface area contributed by atoms with Crippen LogP contribution in [0.3, 0.4) is 0 Å². The molecule has 0 radical (unpaired) electrons. The highest BCUT2D eigenvalue weighted by Crippen LogP contribution is 2.36. The van der Waals surface area contributed by atoms with E-state index in [2.05, 4.69) is 27.9 Å². The van der Waals surface area contributed by atoms with Crippen molar-refractivity contribution in [2.24, 2.45) is 0 Å². The minimum atomic E-state index is -0.831. The number of rotatable bonds is 9. The number of halogens is 2. The van der Waals surface area contributed by atoms with Gasteiger partial charge in [0.15, 0.2) is 11.5 Å². The number of nitrogens with zero attached hydrogens (tertiary/aromatic N) is 1. The molecule has 0 unspecified atom stereocenters. The Hall–Kier alpha value is -3.57. The maximum atomic E-state index is 13.4. The van der Waals surface area contributed by atoms with E-state index in [4.69, 9.17) is 25.8 Å². The van der Waals surface area contributed by atoms with Gasteiger partial charge in [0.2, 0.25) is 0 Å². The number of carbonyl (C=O) groups is 3. The Labute approximate surface area is 245 Å². The predicted molar refractivity (Wildman–Crippen MR) is 157 cm³/mol. The van der Waals surface area contributed by atoms with E-state index in [1.54, 1.807) is 48.5 Å². The molecule has 0 bridgehead atoms. The second-order valence-electron chi connectivity index (χ2n) is 8.80. The Balaban J connectivity index is 1.57. The van der Waals surface area contributed by atoms with Gasteiger partial charge in [-0.2, -0.15) is 0 Å². The molecule has 1 aliphatic rings. The van der Waals surface area contributed by atoms with E-state index in [1.807, 2.05) is 32.9 Å². The van der Waals surface area contributed by atoms with Crippen molar-refractivity contribution in [2.45, 2.75) is 33.5 Å². The first-order valence-corrected chi connectivity index (χ1v) is 13.6. The number of amides is 4. The van der Waals surface area contributed by atoms with Gasteiger partial charge in [-0.15, -0.1) is 0 Å². The number of nitrogens with one attached hydrogen (secondary N) is 1. The molecule has 0 aliphatic carbocycles. The smallest absolute Gasteiger partial charge is 0.335 e. The summed E-state index contributed by atoms with van der Waals surface area (Å²) in [6.45, 7) is 6.41. The van der Waals surface area contributed by atoms with E-state index in [-0.39, 0.29) is 11.7 Å². The molecule has 3 aromatic rings. The molecule has 1 fully saturated rings. The van der Waals surface area contributed by atoms with Gasteiger partial charge in [-0.05, 0) is 109 Å². The third kappa shape index (κ3) is 6.90. The number of hydrogen-bond donors (Lipinski definition) is 1. The van der Waals surface area contributed by atoms with Crippen LogP contribution in [0.15, 0.2) is 66.2 Å². The zero-order valence-corrected chi connectivity index (χ0v) is 24.4.